The number of nitrogens with one attached hydrogen (secondary N) is 4. The second kappa shape index (κ2) is 13.2. The van der Waals surface area contributed by atoms with Gasteiger partial charge in [-0.2, -0.15) is 0 Å². The Labute approximate surface area is 245 Å². The Hall–Kier alpha value is -4.83. The molecule has 4 aromatic rings. The number of fused-ring (bicyclic) bond motifs is 1. The maximum absolute atomic E-state index is 12.9. The fraction of sp³-hybridized carbons (Fsp3) is 0.281. The van der Waals surface area contributed by atoms with Crippen molar-refractivity contribution in [2.24, 2.45) is 0 Å². The first-order valence-electron chi connectivity index (χ1n) is 14.2. The van der Waals surface area contributed by atoms with Gasteiger partial charge in [0.2, 0.25) is 11.9 Å². The lowest BCUT2D eigenvalue weighted by molar-refractivity contribution is -0.111. The fourth-order valence-electron chi connectivity index (χ4n) is 4.92. The van der Waals surface area contributed by atoms with Crippen molar-refractivity contribution in [3.8, 4) is 11.3 Å². The highest BCUT2D eigenvalue weighted by molar-refractivity contribution is 5.99. The first-order chi connectivity index (χ1) is 20.4. The summed E-state index contributed by atoms with van der Waals surface area (Å²) in [6.07, 6.45) is 13.8. The third-order valence-electron chi connectivity index (χ3n) is 7.07. The van der Waals surface area contributed by atoms with Gasteiger partial charge in [-0.3, -0.25) is 9.59 Å². The molecular formula is C32H36N8O2. The number of carbonyl (C=O) groups is 2. The van der Waals surface area contributed by atoms with Gasteiger partial charge in [-0.1, -0.05) is 37.3 Å². The van der Waals surface area contributed by atoms with E-state index in [2.05, 4.69) is 56.0 Å². The second-order valence-electron chi connectivity index (χ2n) is 10.6. The molecule has 42 heavy (non-hydrogen) atoms. The number of pyridine rings is 1. The molecule has 10 heteroatoms. The van der Waals surface area contributed by atoms with Crippen LogP contribution < -0.4 is 16.0 Å². The van der Waals surface area contributed by atoms with Crippen LogP contribution in [0.3, 0.4) is 0 Å². The van der Waals surface area contributed by atoms with E-state index in [1.54, 1.807) is 18.2 Å². The van der Waals surface area contributed by atoms with Crippen molar-refractivity contribution in [1.29, 1.82) is 0 Å². The van der Waals surface area contributed by atoms with Crippen molar-refractivity contribution in [2.75, 3.05) is 31.3 Å². The zero-order chi connectivity index (χ0) is 29.5. The fourth-order valence-corrected chi connectivity index (χ4v) is 4.92. The van der Waals surface area contributed by atoms with Crippen molar-refractivity contribution in [2.45, 2.75) is 38.6 Å². The number of anilines is 2. The van der Waals surface area contributed by atoms with Crippen LogP contribution in [0.2, 0.25) is 0 Å². The quantitative estimate of drug-likeness (QED) is 0.201. The number of nitrogens with zero attached hydrogens (tertiary/aromatic N) is 4. The normalized spacial score (nSPS) is 15.1. The number of aromatic amines is 1. The Kier molecular flexibility index (Phi) is 9.03. The van der Waals surface area contributed by atoms with Crippen LogP contribution in [0.5, 0.6) is 0 Å². The van der Waals surface area contributed by atoms with Crippen molar-refractivity contribution in [3.63, 3.8) is 0 Å². The van der Waals surface area contributed by atoms with Gasteiger partial charge < -0.3 is 25.8 Å². The number of amides is 2. The number of hydrogen-bond donors (Lipinski definition) is 4. The molecule has 0 unspecified atom stereocenters. The summed E-state index contributed by atoms with van der Waals surface area (Å²) >= 11 is 0. The number of rotatable bonds is 10. The van der Waals surface area contributed by atoms with Gasteiger partial charge in [0.15, 0.2) is 0 Å². The van der Waals surface area contributed by atoms with Crippen LogP contribution in [0.15, 0.2) is 78.9 Å². The average molecular weight is 565 g/mol. The lowest BCUT2D eigenvalue weighted by Gasteiger charge is -2.24. The number of para-hydroxylation sites is 1. The zero-order valence-electron chi connectivity index (χ0n) is 24.1. The smallest absolute Gasteiger partial charge is 0.270 e. The van der Waals surface area contributed by atoms with Crippen molar-refractivity contribution in [1.82, 2.24) is 30.2 Å². The zero-order valence-corrected chi connectivity index (χ0v) is 24.1. The summed E-state index contributed by atoms with van der Waals surface area (Å²) in [5, 5.41) is 10.4. The first kappa shape index (κ1) is 28.7. The Balaban J connectivity index is 1.20. The summed E-state index contributed by atoms with van der Waals surface area (Å²) in [5.41, 5.74) is 5.89. The molecule has 0 saturated carbocycles. The molecular weight excluding hydrogens is 528 g/mol. The number of aromatic nitrogens is 4. The van der Waals surface area contributed by atoms with Crippen LogP contribution in [-0.4, -0.2) is 63.3 Å². The molecule has 0 spiro atoms. The lowest BCUT2D eigenvalue weighted by Crippen LogP contribution is -2.37. The van der Waals surface area contributed by atoms with Gasteiger partial charge in [-0.05, 0) is 57.1 Å². The molecule has 0 bridgehead atoms. The highest BCUT2D eigenvalue weighted by atomic mass is 16.2. The molecule has 216 valence electrons. The maximum Gasteiger partial charge on any atom is 0.270 e. The monoisotopic (exact) mass is 564 g/mol. The third kappa shape index (κ3) is 7.08. The summed E-state index contributed by atoms with van der Waals surface area (Å²) in [6.45, 7) is 2.77. The van der Waals surface area contributed by atoms with E-state index in [1.807, 2.05) is 43.5 Å². The average Bonchev–Trinajstić information content (AvgIpc) is 3.41. The summed E-state index contributed by atoms with van der Waals surface area (Å²) in [6, 6.07) is 11.4. The van der Waals surface area contributed by atoms with Crippen molar-refractivity contribution < 1.29 is 9.59 Å². The number of allylic oxidation sites excluding steroid dienone is 1. The number of hydrogen-bond acceptors (Lipinski definition) is 7. The number of benzene rings is 1. The molecule has 4 N–H and O–H groups in total. The van der Waals surface area contributed by atoms with Gasteiger partial charge in [0.05, 0.1) is 17.6 Å². The van der Waals surface area contributed by atoms with Crippen molar-refractivity contribution >= 4 is 34.4 Å². The minimum Gasteiger partial charge on any atom is -0.360 e. The summed E-state index contributed by atoms with van der Waals surface area (Å²) in [4.78, 5) is 44.0. The van der Waals surface area contributed by atoms with Crippen LogP contribution in [0.25, 0.3) is 22.2 Å². The highest BCUT2D eigenvalue weighted by Crippen LogP contribution is 2.31. The van der Waals surface area contributed by atoms with E-state index in [-0.39, 0.29) is 17.9 Å². The number of carbonyl (C=O) groups excluding carboxylic acids is 2. The molecule has 1 aliphatic rings. The molecule has 0 saturated heterocycles. The summed E-state index contributed by atoms with van der Waals surface area (Å²) < 4.78 is 0. The largest absolute Gasteiger partial charge is 0.360 e. The van der Waals surface area contributed by atoms with Crippen LogP contribution in [0, 0.1) is 0 Å². The van der Waals surface area contributed by atoms with Gasteiger partial charge in [-0.15, -0.1) is 0 Å². The molecule has 2 amide bonds. The number of aryl methyl sites for hydroxylation is 1. The molecule has 10 nitrogen and oxygen atoms in total. The maximum atomic E-state index is 12.9. The van der Waals surface area contributed by atoms with Crippen LogP contribution >= 0.6 is 0 Å². The Morgan fingerprint density at radius 2 is 1.98 bits per heavy atom. The molecule has 1 atom stereocenters. The Morgan fingerprint density at radius 3 is 2.76 bits per heavy atom. The number of H-pyrrole nitrogens is 1. The van der Waals surface area contributed by atoms with Gasteiger partial charge in [0, 0.05) is 59.6 Å². The highest BCUT2D eigenvalue weighted by Gasteiger charge is 2.20. The second-order valence-corrected chi connectivity index (χ2v) is 10.6. The minimum absolute atomic E-state index is 0.0592. The topological polar surface area (TPSA) is 128 Å². The Bertz CT molecular complexity index is 1620. The van der Waals surface area contributed by atoms with Gasteiger partial charge >= 0.3 is 0 Å². The van der Waals surface area contributed by atoms with E-state index in [9.17, 15) is 9.59 Å². The molecule has 1 aromatic carbocycles. The minimum atomic E-state index is -0.254. The molecule has 1 aliphatic carbocycles. The van der Waals surface area contributed by atoms with E-state index in [0.717, 1.165) is 52.7 Å². The summed E-state index contributed by atoms with van der Waals surface area (Å²) in [7, 11) is 3.86. The predicted octanol–water partition coefficient (Wildman–Crippen LogP) is 4.92. The molecule has 3 heterocycles. The van der Waals surface area contributed by atoms with Crippen molar-refractivity contribution in [3.05, 3.63) is 90.2 Å². The van der Waals surface area contributed by atoms with Crippen LogP contribution in [0.1, 0.15) is 42.2 Å². The summed E-state index contributed by atoms with van der Waals surface area (Å²) in [5.74, 6) is 0.0310. The molecule has 0 aliphatic heterocycles. The molecule has 0 radical (unpaired) electrons. The lowest BCUT2D eigenvalue weighted by atomic mass is 9.98. The first-order valence-corrected chi connectivity index (χ1v) is 14.2. The molecule has 3 aromatic heterocycles. The third-order valence-corrected chi connectivity index (χ3v) is 7.07. The predicted molar refractivity (Wildman–Crippen MR) is 166 cm³/mol. The van der Waals surface area contributed by atoms with E-state index in [0.29, 0.717) is 30.3 Å². The number of likely N-dealkylation sites (N-methyl/N-ethyl adjacent to an activating group) is 1. The SMILES string of the molecule is CCc1cnc(NC2=CCC[C@H](NC(=O)c3ccc(NC(=O)/C=C/CN(C)C)cn3)C2)nc1-c1c[nH]c2ccccc12. The van der Waals surface area contributed by atoms with E-state index in [1.165, 1.54) is 12.3 Å². The van der Waals surface area contributed by atoms with Gasteiger partial charge in [0.1, 0.15) is 5.69 Å². The van der Waals surface area contributed by atoms with Gasteiger partial charge in [-0.25, -0.2) is 15.0 Å². The molecule has 0 fully saturated rings. The van der Waals surface area contributed by atoms with E-state index >= 15 is 0 Å². The Morgan fingerprint density at radius 1 is 1.12 bits per heavy atom. The van der Waals surface area contributed by atoms with E-state index < -0.39 is 0 Å². The standard InChI is InChI=1S/C32H36N8O2/c1-4-21-18-35-32(39-30(21)26-20-34-27-12-6-5-11-25(26)27)38-23-10-7-9-22(17-23)37-31(42)28-15-14-24(19-33-28)36-29(41)13-8-16-40(2)3/h5-6,8,10-15,18-20,22,34H,4,7,9,16-17H2,1-3H3,(H,36,41)(H,37,42)(H,35,38,39)/b13-8+/t22-/m0/s1. The van der Waals surface area contributed by atoms with Gasteiger partial charge in [0.25, 0.3) is 5.91 Å². The van der Waals surface area contributed by atoms with E-state index in [4.69, 9.17) is 4.98 Å². The molecule has 5 rings (SSSR count). The van der Waals surface area contributed by atoms with Crippen LogP contribution in [-0.2, 0) is 11.2 Å². The van der Waals surface area contributed by atoms with Crippen LogP contribution in [0.4, 0.5) is 11.6 Å².